The maximum atomic E-state index is 12.5. The maximum absolute atomic E-state index is 12.5. The molecule has 0 aliphatic heterocycles. The Labute approximate surface area is 173 Å². The first kappa shape index (κ1) is 18.9. The number of hydrogen-bond acceptors (Lipinski definition) is 5. The van der Waals surface area contributed by atoms with E-state index in [4.69, 9.17) is 0 Å². The third-order valence-electron chi connectivity index (χ3n) is 4.34. The molecular formula is C22H19N5OS. The highest BCUT2D eigenvalue weighted by molar-refractivity contribution is 7.98. The van der Waals surface area contributed by atoms with Gasteiger partial charge in [-0.25, -0.2) is 0 Å². The Balaban J connectivity index is 1.45. The number of thioether (sulfide) groups is 1. The van der Waals surface area contributed by atoms with Crippen molar-refractivity contribution in [2.75, 3.05) is 5.32 Å². The van der Waals surface area contributed by atoms with Gasteiger partial charge >= 0.3 is 0 Å². The molecule has 0 fully saturated rings. The minimum absolute atomic E-state index is 0.157. The minimum Gasteiger partial charge on any atom is -0.322 e. The van der Waals surface area contributed by atoms with Gasteiger partial charge in [0.2, 0.25) is 5.16 Å². The Morgan fingerprint density at radius 3 is 2.41 bits per heavy atom. The second-order valence-corrected chi connectivity index (χ2v) is 7.46. The maximum Gasteiger partial charge on any atom is 0.255 e. The number of carbonyl (C=O) groups is 1. The van der Waals surface area contributed by atoms with Crippen molar-refractivity contribution in [2.24, 2.45) is 0 Å². The summed E-state index contributed by atoms with van der Waals surface area (Å²) in [5, 5.41) is 15.6. The molecule has 1 heterocycles. The van der Waals surface area contributed by atoms with E-state index in [1.807, 2.05) is 61.5 Å². The lowest BCUT2D eigenvalue weighted by atomic mass is 10.2. The van der Waals surface area contributed by atoms with E-state index in [0.29, 0.717) is 10.7 Å². The number of carbonyl (C=O) groups excluding carboxylic acids is 1. The van der Waals surface area contributed by atoms with Gasteiger partial charge in [-0.1, -0.05) is 59.8 Å². The zero-order valence-corrected chi connectivity index (χ0v) is 16.6. The topological polar surface area (TPSA) is 72.7 Å². The van der Waals surface area contributed by atoms with E-state index in [1.165, 1.54) is 5.56 Å². The normalized spacial score (nSPS) is 10.7. The van der Waals surface area contributed by atoms with Gasteiger partial charge in [0.25, 0.3) is 5.91 Å². The third-order valence-corrected chi connectivity index (χ3v) is 5.33. The minimum atomic E-state index is -0.157. The van der Waals surface area contributed by atoms with E-state index < -0.39 is 0 Å². The molecule has 1 N–H and O–H groups in total. The van der Waals surface area contributed by atoms with E-state index >= 15 is 0 Å². The summed E-state index contributed by atoms with van der Waals surface area (Å²) in [7, 11) is 0. The number of tetrazole rings is 1. The number of hydrogen-bond donors (Lipinski definition) is 1. The van der Waals surface area contributed by atoms with Gasteiger partial charge in [-0.15, -0.1) is 5.10 Å². The molecule has 0 bridgehead atoms. The highest BCUT2D eigenvalue weighted by atomic mass is 32.2. The number of anilines is 1. The van der Waals surface area contributed by atoms with Crippen LogP contribution in [0.15, 0.2) is 84.0 Å². The van der Waals surface area contributed by atoms with Crippen LogP contribution in [0.3, 0.4) is 0 Å². The summed E-state index contributed by atoms with van der Waals surface area (Å²) in [6.45, 7) is 2.01. The average Bonchev–Trinajstić information content (AvgIpc) is 3.23. The van der Waals surface area contributed by atoms with Gasteiger partial charge in [-0.05, 0) is 59.3 Å². The number of aryl methyl sites for hydroxylation is 1. The van der Waals surface area contributed by atoms with E-state index in [9.17, 15) is 4.79 Å². The first-order valence-electron chi connectivity index (χ1n) is 9.12. The molecule has 4 rings (SSSR count). The number of nitrogens with zero attached hydrogens (tertiary/aromatic N) is 4. The summed E-state index contributed by atoms with van der Waals surface area (Å²) in [5.74, 6) is 0.619. The van der Waals surface area contributed by atoms with Gasteiger partial charge in [0.15, 0.2) is 0 Å². The molecular weight excluding hydrogens is 382 g/mol. The van der Waals surface area contributed by atoms with Crippen molar-refractivity contribution in [1.29, 1.82) is 0 Å². The summed E-state index contributed by atoms with van der Waals surface area (Å²) in [6, 6.07) is 25.1. The largest absolute Gasteiger partial charge is 0.322 e. The van der Waals surface area contributed by atoms with Gasteiger partial charge in [-0.3, -0.25) is 4.79 Å². The van der Waals surface area contributed by atoms with Gasteiger partial charge in [0, 0.05) is 17.0 Å². The number of amides is 1. The fourth-order valence-electron chi connectivity index (χ4n) is 2.75. The van der Waals surface area contributed by atoms with Crippen LogP contribution in [0.2, 0.25) is 0 Å². The van der Waals surface area contributed by atoms with Crippen molar-refractivity contribution in [3.05, 3.63) is 95.6 Å². The molecule has 0 saturated heterocycles. The van der Waals surface area contributed by atoms with Crippen LogP contribution in [0.4, 0.5) is 5.69 Å². The van der Waals surface area contributed by atoms with Crippen LogP contribution in [0, 0.1) is 6.92 Å². The van der Waals surface area contributed by atoms with E-state index in [-0.39, 0.29) is 5.91 Å². The van der Waals surface area contributed by atoms with Crippen molar-refractivity contribution < 1.29 is 4.79 Å². The van der Waals surface area contributed by atoms with Crippen LogP contribution in [0.25, 0.3) is 5.69 Å². The van der Waals surface area contributed by atoms with Crippen LogP contribution in [-0.2, 0) is 5.75 Å². The van der Waals surface area contributed by atoms with E-state index in [0.717, 1.165) is 22.7 Å². The Morgan fingerprint density at radius 2 is 1.69 bits per heavy atom. The quantitative estimate of drug-likeness (QED) is 0.481. The lowest BCUT2D eigenvalue weighted by molar-refractivity contribution is 0.102. The SMILES string of the molecule is Cc1ccc(NC(=O)c2ccc(-n3nnnc3SCc3ccccc3)cc2)cc1. The highest BCUT2D eigenvalue weighted by Gasteiger charge is 2.11. The molecule has 0 radical (unpaired) electrons. The molecule has 6 nitrogen and oxygen atoms in total. The molecule has 4 aromatic rings. The lowest BCUT2D eigenvalue weighted by Crippen LogP contribution is -2.12. The predicted molar refractivity (Wildman–Crippen MR) is 114 cm³/mol. The first-order valence-corrected chi connectivity index (χ1v) is 10.1. The molecule has 29 heavy (non-hydrogen) atoms. The third kappa shape index (κ3) is 4.70. The van der Waals surface area contributed by atoms with Gasteiger partial charge in [0.05, 0.1) is 5.69 Å². The molecule has 0 saturated carbocycles. The Hall–Kier alpha value is -3.45. The fourth-order valence-corrected chi connectivity index (χ4v) is 3.59. The summed E-state index contributed by atoms with van der Waals surface area (Å²) in [6.07, 6.45) is 0. The monoisotopic (exact) mass is 401 g/mol. The Bertz CT molecular complexity index is 1090. The zero-order chi connectivity index (χ0) is 20.1. The smallest absolute Gasteiger partial charge is 0.255 e. The number of nitrogens with one attached hydrogen (secondary N) is 1. The Kier molecular flexibility index (Phi) is 5.67. The summed E-state index contributed by atoms with van der Waals surface area (Å²) < 4.78 is 1.68. The van der Waals surface area contributed by atoms with Crippen LogP contribution >= 0.6 is 11.8 Å². The summed E-state index contributed by atoms with van der Waals surface area (Å²) in [4.78, 5) is 12.5. The molecule has 1 aromatic heterocycles. The molecule has 0 atom stereocenters. The molecule has 144 valence electrons. The molecule has 0 spiro atoms. The first-order chi connectivity index (χ1) is 14.2. The summed E-state index contributed by atoms with van der Waals surface area (Å²) in [5.41, 5.74) is 4.49. The number of benzene rings is 3. The van der Waals surface area contributed by atoms with Crippen molar-refractivity contribution >= 4 is 23.4 Å². The van der Waals surface area contributed by atoms with Crippen molar-refractivity contribution in [2.45, 2.75) is 17.8 Å². The standard InChI is InChI=1S/C22H19N5OS/c1-16-7-11-19(12-8-16)23-21(28)18-9-13-20(14-10-18)27-22(24-25-26-27)29-15-17-5-3-2-4-6-17/h2-14H,15H2,1H3,(H,23,28). The molecule has 1 amide bonds. The average molecular weight is 401 g/mol. The zero-order valence-electron chi connectivity index (χ0n) is 15.8. The highest BCUT2D eigenvalue weighted by Crippen LogP contribution is 2.22. The predicted octanol–water partition coefficient (Wildman–Crippen LogP) is 4.52. The molecule has 7 heteroatoms. The van der Waals surface area contributed by atoms with Gasteiger partial charge in [0.1, 0.15) is 0 Å². The van der Waals surface area contributed by atoms with E-state index in [1.54, 1.807) is 28.6 Å². The lowest BCUT2D eigenvalue weighted by Gasteiger charge is -2.07. The molecule has 0 aliphatic rings. The van der Waals surface area contributed by atoms with Crippen LogP contribution in [0.5, 0.6) is 0 Å². The van der Waals surface area contributed by atoms with Crippen LogP contribution < -0.4 is 5.32 Å². The summed E-state index contributed by atoms with van der Waals surface area (Å²) >= 11 is 1.56. The molecule has 0 unspecified atom stereocenters. The van der Waals surface area contributed by atoms with E-state index in [2.05, 4.69) is 33.0 Å². The van der Waals surface area contributed by atoms with Gasteiger partial charge in [-0.2, -0.15) is 4.68 Å². The second kappa shape index (κ2) is 8.70. The van der Waals surface area contributed by atoms with Crippen LogP contribution in [0.1, 0.15) is 21.5 Å². The second-order valence-electron chi connectivity index (χ2n) is 6.51. The van der Waals surface area contributed by atoms with Crippen molar-refractivity contribution in [3.8, 4) is 5.69 Å². The molecule has 3 aromatic carbocycles. The Morgan fingerprint density at radius 1 is 0.966 bits per heavy atom. The number of aromatic nitrogens is 4. The van der Waals surface area contributed by atoms with Crippen LogP contribution in [-0.4, -0.2) is 26.1 Å². The van der Waals surface area contributed by atoms with Gasteiger partial charge < -0.3 is 5.32 Å². The van der Waals surface area contributed by atoms with Crippen molar-refractivity contribution in [3.63, 3.8) is 0 Å². The molecule has 0 aliphatic carbocycles. The number of rotatable bonds is 6. The fraction of sp³-hybridized carbons (Fsp3) is 0.0909. The van der Waals surface area contributed by atoms with Crippen molar-refractivity contribution in [1.82, 2.24) is 20.2 Å².